The first kappa shape index (κ1) is 14.5. The summed E-state index contributed by atoms with van der Waals surface area (Å²) in [5.74, 6) is -0.504. The highest BCUT2D eigenvalue weighted by Crippen LogP contribution is 2.24. The fourth-order valence-corrected chi connectivity index (χ4v) is 2.94. The van der Waals surface area contributed by atoms with Gasteiger partial charge < -0.3 is 10.6 Å². The van der Waals surface area contributed by atoms with Crippen LogP contribution in [0.2, 0.25) is 0 Å². The van der Waals surface area contributed by atoms with Crippen LogP contribution in [0.5, 0.6) is 0 Å². The van der Waals surface area contributed by atoms with Crippen molar-refractivity contribution in [3.05, 3.63) is 45.4 Å². The summed E-state index contributed by atoms with van der Waals surface area (Å²) in [6, 6.07) is 6.59. The number of thiophene rings is 1. The van der Waals surface area contributed by atoms with Crippen LogP contribution in [-0.2, 0) is 11.3 Å². The molecule has 0 saturated heterocycles. The number of hydrogen-bond donors (Lipinski definition) is 2. The van der Waals surface area contributed by atoms with Crippen LogP contribution in [0.4, 0.5) is 15.8 Å². The second-order valence-electron chi connectivity index (χ2n) is 4.67. The van der Waals surface area contributed by atoms with E-state index in [0.29, 0.717) is 17.9 Å². The van der Waals surface area contributed by atoms with Crippen molar-refractivity contribution < 1.29 is 9.18 Å². The molecule has 0 radical (unpaired) electrons. The van der Waals surface area contributed by atoms with Crippen LogP contribution < -0.4 is 10.6 Å². The average Bonchev–Trinajstić information content (AvgIpc) is 2.68. The fraction of sp³-hybridized carbons (Fsp3) is 0.267. The van der Waals surface area contributed by atoms with E-state index in [9.17, 15) is 9.18 Å². The first-order valence-electron chi connectivity index (χ1n) is 6.32. The zero-order valence-electron chi connectivity index (χ0n) is 11.7. The molecule has 3 nitrogen and oxygen atoms in total. The normalized spacial score (nSPS) is 10.4. The maximum atomic E-state index is 13.7. The predicted octanol–water partition coefficient (Wildman–Crippen LogP) is 4.07. The first-order valence-corrected chi connectivity index (χ1v) is 7.14. The van der Waals surface area contributed by atoms with Gasteiger partial charge in [0.1, 0.15) is 5.82 Å². The lowest BCUT2D eigenvalue weighted by atomic mass is 10.2. The second kappa shape index (κ2) is 6.05. The van der Waals surface area contributed by atoms with Gasteiger partial charge >= 0.3 is 0 Å². The number of amides is 1. The van der Waals surface area contributed by atoms with Crippen LogP contribution in [0.25, 0.3) is 0 Å². The van der Waals surface area contributed by atoms with E-state index in [1.54, 1.807) is 23.5 Å². The van der Waals surface area contributed by atoms with Crippen LogP contribution >= 0.6 is 11.3 Å². The monoisotopic (exact) mass is 292 g/mol. The summed E-state index contributed by atoms with van der Waals surface area (Å²) in [6.07, 6.45) is 0. The van der Waals surface area contributed by atoms with E-state index in [-0.39, 0.29) is 11.7 Å². The number of aryl methyl sites for hydroxylation is 2. The lowest BCUT2D eigenvalue weighted by Gasteiger charge is -2.10. The van der Waals surface area contributed by atoms with Crippen LogP contribution in [0.1, 0.15) is 22.2 Å². The summed E-state index contributed by atoms with van der Waals surface area (Å²) in [4.78, 5) is 13.5. The third-order valence-corrected chi connectivity index (χ3v) is 3.91. The number of hydrogen-bond acceptors (Lipinski definition) is 3. The molecular formula is C15H17FN2OS. The Morgan fingerprint density at radius 1 is 1.30 bits per heavy atom. The lowest BCUT2D eigenvalue weighted by Crippen LogP contribution is -2.07. The maximum Gasteiger partial charge on any atom is 0.221 e. The van der Waals surface area contributed by atoms with Gasteiger partial charge in [-0.2, -0.15) is 0 Å². The molecule has 0 fully saturated rings. The van der Waals surface area contributed by atoms with E-state index < -0.39 is 0 Å². The minimum Gasteiger partial charge on any atom is -0.378 e. The number of carbonyl (C=O) groups is 1. The second-order valence-corrected chi connectivity index (χ2v) is 6.13. The van der Waals surface area contributed by atoms with E-state index in [2.05, 4.69) is 30.5 Å². The average molecular weight is 292 g/mol. The molecule has 2 aromatic rings. The Kier molecular flexibility index (Phi) is 4.39. The molecule has 0 saturated carbocycles. The van der Waals surface area contributed by atoms with Crippen molar-refractivity contribution in [1.82, 2.24) is 0 Å². The quantitative estimate of drug-likeness (QED) is 0.891. The lowest BCUT2D eigenvalue weighted by molar-refractivity contribution is -0.114. The minimum absolute atomic E-state index is 0.174. The number of nitrogens with one attached hydrogen (secondary N) is 2. The Morgan fingerprint density at radius 3 is 2.65 bits per heavy atom. The van der Waals surface area contributed by atoms with Gasteiger partial charge in [0.2, 0.25) is 5.91 Å². The highest BCUT2D eigenvalue weighted by Gasteiger charge is 2.07. The van der Waals surface area contributed by atoms with Crippen molar-refractivity contribution in [1.29, 1.82) is 0 Å². The van der Waals surface area contributed by atoms with Gasteiger partial charge in [0, 0.05) is 28.9 Å². The molecule has 2 N–H and O–H groups in total. The Bertz CT molecular complexity index is 637. The van der Waals surface area contributed by atoms with Crippen molar-refractivity contribution in [3.63, 3.8) is 0 Å². The number of anilines is 2. The molecule has 0 aliphatic heterocycles. The van der Waals surface area contributed by atoms with Gasteiger partial charge in [0.15, 0.2) is 0 Å². The summed E-state index contributed by atoms with van der Waals surface area (Å²) in [5.41, 5.74) is 2.14. The molecule has 1 aromatic heterocycles. The predicted molar refractivity (Wildman–Crippen MR) is 81.8 cm³/mol. The molecule has 0 atom stereocenters. The summed E-state index contributed by atoms with van der Waals surface area (Å²) in [6.45, 7) is 6.10. The first-order chi connectivity index (χ1) is 9.45. The van der Waals surface area contributed by atoms with Gasteiger partial charge in [-0.05, 0) is 43.7 Å². The van der Waals surface area contributed by atoms with E-state index in [1.165, 1.54) is 22.7 Å². The van der Waals surface area contributed by atoms with Gasteiger partial charge in [-0.1, -0.05) is 0 Å². The van der Waals surface area contributed by atoms with Gasteiger partial charge in [-0.3, -0.25) is 4.79 Å². The topological polar surface area (TPSA) is 41.1 Å². The van der Waals surface area contributed by atoms with E-state index in [4.69, 9.17) is 0 Å². The summed E-state index contributed by atoms with van der Waals surface area (Å²) >= 11 is 1.73. The van der Waals surface area contributed by atoms with E-state index in [0.717, 1.165) is 5.56 Å². The minimum atomic E-state index is -0.330. The zero-order valence-corrected chi connectivity index (χ0v) is 12.5. The number of halogens is 1. The Balaban J connectivity index is 2.12. The smallest absolute Gasteiger partial charge is 0.221 e. The SMILES string of the molecule is CC(=O)Nc1ccc(F)c(NCc2cc(C)sc2C)c1. The molecule has 0 spiro atoms. The highest BCUT2D eigenvalue weighted by molar-refractivity contribution is 7.12. The largest absolute Gasteiger partial charge is 0.378 e. The van der Waals surface area contributed by atoms with Gasteiger partial charge in [0.05, 0.1) is 5.69 Å². The molecule has 1 heterocycles. The number of benzene rings is 1. The van der Waals surface area contributed by atoms with Crippen molar-refractivity contribution in [2.45, 2.75) is 27.3 Å². The fourth-order valence-electron chi connectivity index (χ4n) is 1.99. The molecule has 20 heavy (non-hydrogen) atoms. The molecule has 106 valence electrons. The van der Waals surface area contributed by atoms with Gasteiger partial charge in [0.25, 0.3) is 0 Å². The summed E-state index contributed by atoms with van der Waals surface area (Å²) in [5, 5.41) is 5.72. The molecule has 1 amide bonds. The van der Waals surface area contributed by atoms with Crippen molar-refractivity contribution in [3.8, 4) is 0 Å². The van der Waals surface area contributed by atoms with E-state index in [1.807, 2.05) is 0 Å². The van der Waals surface area contributed by atoms with E-state index >= 15 is 0 Å². The third-order valence-electron chi connectivity index (χ3n) is 2.90. The molecule has 0 aliphatic rings. The Labute approximate surface area is 121 Å². The highest BCUT2D eigenvalue weighted by atomic mass is 32.1. The Morgan fingerprint density at radius 2 is 2.05 bits per heavy atom. The van der Waals surface area contributed by atoms with Crippen molar-refractivity contribution >= 4 is 28.6 Å². The number of carbonyl (C=O) groups excluding carboxylic acids is 1. The standard InChI is InChI=1S/C15H17FN2OS/c1-9-6-12(10(2)20-9)8-17-15-7-13(18-11(3)19)4-5-14(15)16/h4-7,17H,8H2,1-3H3,(H,18,19). The Hall–Kier alpha value is -1.88. The summed E-state index contributed by atoms with van der Waals surface area (Å²) < 4.78 is 13.7. The number of rotatable bonds is 4. The molecule has 5 heteroatoms. The molecule has 0 unspecified atom stereocenters. The zero-order chi connectivity index (χ0) is 14.7. The summed E-state index contributed by atoms with van der Waals surface area (Å²) in [7, 11) is 0. The molecule has 1 aromatic carbocycles. The van der Waals surface area contributed by atoms with Crippen LogP contribution in [0.15, 0.2) is 24.3 Å². The van der Waals surface area contributed by atoms with Crippen molar-refractivity contribution in [2.75, 3.05) is 10.6 Å². The van der Waals surface area contributed by atoms with Crippen molar-refractivity contribution in [2.24, 2.45) is 0 Å². The molecular weight excluding hydrogens is 275 g/mol. The van der Waals surface area contributed by atoms with Gasteiger partial charge in [-0.15, -0.1) is 11.3 Å². The molecule has 0 bridgehead atoms. The van der Waals surface area contributed by atoms with Crippen LogP contribution in [0.3, 0.4) is 0 Å². The van der Waals surface area contributed by atoms with Crippen LogP contribution in [-0.4, -0.2) is 5.91 Å². The maximum absolute atomic E-state index is 13.7. The van der Waals surface area contributed by atoms with Crippen LogP contribution in [0, 0.1) is 19.7 Å². The molecule has 0 aliphatic carbocycles. The van der Waals surface area contributed by atoms with Gasteiger partial charge in [-0.25, -0.2) is 4.39 Å². The third kappa shape index (κ3) is 3.57. The molecule has 2 rings (SSSR count).